The number of aromatic nitrogens is 3. The second kappa shape index (κ2) is 8.03. The maximum atomic E-state index is 13.0. The minimum absolute atomic E-state index is 0.176. The Labute approximate surface area is 174 Å². The van der Waals surface area contributed by atoms with E-state index in [4.69, 9.17) is 4.74 Å². The highest BCUT2D eigenvalue weighted by Crippen LogP contribution is 2.27. The largest absolute Gasteiger partial charge is 0.439 e. The Balaban J connectivity index is 1.48. The SMILES string of the molecule is Cc1c(C(=O)NCc2ccnc(Oc3ccc(F)cc3)c2)sc2ncn(C)c(=O)c12. The third kappa shape index (κ3) is 3.92. The molecule has 1 amide bonds. The number of nitrogens with zero attached hydrogens (tertiary/aromatic N) is 3. The summed E-state index contributed by atoms with van der Waals surface area (Å²) in [5.41, 5.74) is 1.23. The number of halogens is 1. The van der Waals surface area contributed by atoms with E-state index in [-0.39, 0.29) is 23.8 Å². The molecule has 3 heterocycles. The van der Waals surface area contributed by atoms with Crippen LogP contribution in [0.25, 0.3) is 10.2 Å². The highest BCUT2D eigenvalue weighted by Gasteiger charge is 2.18. The van der Waals surface area contributed by atoms with Gasteiger partial charge in [0.25, 0.3) is 11.5 Å². The van der Waals surface area contributed by atoms with Gasteiger partial charge < -0.3 is 14.6 Å². The average Bonchev–Trinajstić information content (AvgIpc) is 3.08. The molecule has 0 aliphatic heterocycles. The fourth-order valence-corrected chi connectivity index (χ4v) is 3.98. The number of fused-ring (bicyclic) bond motifs is 1. The van der Waals surface area contributed by atoms with Gasteiger partial charge in [0.2, 0.25) is 5.88 Å². The van der Waals surface area contributed by atoms with Crippen LogP contribution in [0, 0.1) is 12.7 Å². The normalized spacial score (nSPS) is 10.9. The Morgan fingerprint density at radius 1 is 1.23 bits per heavy atom. The van der Waals surface area contributed by atoms with Crippen LogP contribution in [0.5, 0.6) is 11.6 Å². The number of benzene rings is 1. The number of carbonyl (C=O) groups excluding carboxylic acids is 1. The molecule has 0 fully saturated rings. The number of hydrogen-bond acceptors (Lipinski definition) is 6. The number of aryl methyl sites for hydroxylation is 2. The smallest absolute Gasteiger partial charge is 0.262 e. The molecule has 4 rings (SSSR count). The zero-order chi connectivity index (χ0) is 21.3. The van der Waals surface area contributed by atoms with Gasteiger partial charge in [-0.25, -0.2) is 14.4 Å². The van der Waals surface area contributed by atoms with E-state index in [0.29, 0.717) is 32.3 Å². The van der Waals surface area contributed by atoms with Gasteiger partial charge in [-0.05, 0) is 48.4 Å². The minimum atomic E-state index is -0.351. The van der Waals surface area contributed by atoms with Crippen molar-refractivity contribution in [3.8, 4) is 11.6 Å². The zero-order valence-corrected chi connectivity index (χ0v) is 17.0. The molecule has 0 saturated heterocycles. The van der Waals surface area contributed by atoms with Gasteiger partial charge in [-0.3, -0.25) is 9.59 Å². The lowest BCUT2D eigenvalue weighted by molar-refractivity contribution is 0.0954. The molecule has 0 atom stereocenters. The summed E-state index contributed by atoms with van der Waals surface area (Å²) < 4.78 is 20.0. The van der Waals surface area contributed by atoms with Crippen LogP contribution in [0.15, 0.2) is 53.7 Å². The van der Waals surface area contributed by atoms with Gasteiger partial charge in [-0.1, -0.05) is 0 Å². The van der Waals surface area contributed by atoms with E-state index in [1.807, 2.05) is 0 Å². The molecule has 0 radical (unpaired) electrons. The average molecular weight is 424 g/mol. The Bertz CT molecular complexity index is 1300. The predicted octanol–water partition coefficient (Wildman–Crippen LogP) is 3.56. The Hall–Kier alpha value is -3.59. The molecule has 1 N–H and O–H groups in total. The van der Waals surface area contributed by atoms with Crippen LogP contribution < -0.4 is 15.6 Å². The number of pyridine rings is 1. The first kappa shape index (κ1) is 19.7. The fraction of sp³-hybridized carbons (Fsp3) is 0.143. The van der Waals surface area contributed by atoms with E-state index in [1.165, 1.54) is 46.5 Å². The molecule has 0 aliphatic rings. The second-order valence-corrected chi connectivity index (χ2v) is 7.64. The number of rotatable bonds is 5. The number of amides is 1. The second-order valence-electron chi connectivity index (χ2n) is 6.64. The van der Waals surface area contributed by atoms with Gasteiger partial charge >= 0.3 is 0 Å². The highest BCUT2D eigenvalue weighted by atomic mass is 32.1. The molecule has 9 heteroatoms. The lowest BCUT2D eigenvalue weighted by atomic mass is 10.2. The molecular weight excluding hydrogens is 407 g/mol. The van der Waals surface area contributed by atoms with Gasteiger partial charge in [0.15, 0.2) is 0 Å². The zero-order valence-electron chi connectivity index (χ0n) is 16.2. The van der Waals surface area contributed by atoms with E-state index < -0.39 is 0 Å². The standard InChI is InChI=1S/C21H17FN4O3S/c1-12-17-20(25-11-26(2)21(17)28)30-18(12)19(27)24-10-13-7-8-23-16(9-13)29-15-5-3-14(22)4-6-15/h3-9,11H,10H2,1-2H3,(H,24,27). The maximum Gasteiger partial charge on any atom is 0.262 e. The molecule has 1 aromatic carbocycles. The molecule has 3 aromatic heterocycles. The topological polar surface area (TPSA) is 86.1 Å². The van der Waals surface area contributed by atoms with Crippen LogP contribution in [0.1, 0.15) is 20.8 Å². The summed E-state index contributed by atoms with van der Waals surface area (Å²) in [6.07, 6.45) is 3.01. The van der Waals surface area contributed by atoms with E-state index in [2.05, 4.69) is 15.3 Å². The molecule has 0 bridgehead atoms. The fourth-order valence-electron chi connectivity index (χ4n) is 2.93. The third-order valence-corrected chi connectivity index (χ3v) is 5.70. The summed E-state index contributed by atoms with van der Waals surface area (Å²) in [7, 11) is 1.63. The predicted molar refractivity (Wildman–Crippen MR) is 111 cm³/mol. The summed E-state index contributed by atoms with van der Waals surface area (Å²) >= 11 is 1.19. The van der Waals surface area contributed by atoms with Gasteiger partial charge in [0, 0.05) is 25.9 Å². The van der Waals surface area contributed by atoms with Crippen molar-refractivity contribution in [2.24, 2.45) is 7.05 Å². The lowest BCUT2D eigenvalue weighted by Crippen LogP contribution is -2.23. The van der Waals surface area contributed by atoms with Crippen molar-refractivity contribution in [1.29, 1.82) is 0 Å². The lowest BCUT2D eigenvalue weighted by Gasteiger charge is -2.08. The molecule has 4 aromatic rings. The summed E-state index contributed by atoms with van der Waals surface area (Å²) in [6, 6.07) is 9.07. The van der Waals surface area contributed by atoms with Crippen LogP contribution in [0.3, 0.4) is 0 Å². The van der Waals surface area contributed by atoms with Gasteiger partial charge in [-0.15, -0.1) is 11.3 Å². The van der Waals surface area contributed by atoms with Crippen LogP contribution in [-0.2, 0) is 13.6 Å². The third-order valence-electron chi connectivity index (χ3n) is 4.51. The van der Waals surface area contributed by atoms with Crippen molar-refractivity contribution in [1.82, 2.24) is 19.9 Å². The Morgan fingerprint density at radius 3 is 2.77 bits per heavy atom. The van der Waals surface area contributed by atoms with Gasteiger partial charge in [0.1, 0.15) is 16.4 Å². The molecule has 0 saturated carbocycles. The molecule has 7 nitrogen and oxygen atoms in total. The monoisotopic (exact) mass is 424 g/mol. The first-order chi connectivity index (χ1) is 14.4. The highest BCUT2D eigenvalue weighted by molar-refractivity contribution is 7.20. The molecule has 0 spiro atoms. The van der Waals surface area contributed by atoms with Crippen molar-refractivity contribution in [2.45, 2.75) is 13.5 Å². The van der Waals surface area contributed by atoms with E-state index in [9.17, 15) is 14.0 Å². The number of hydrogen-bond donors (Lipinski definition) is 1. The van der Waals surface area contributed by atoms with Gasteiger partial charge in [-0.2, -0.15) is 0 Å². The molecule has 0 unspecified atom stereocenters. The maximum absolute atomic E-state index is 13.0. The Morgan fingerprint density at radius 2 is 2.00 bits per heavy atom. The van der Waals surface area contributed by atoms with E-state index in [1.54, 1.807) is 32.3 Å². The Kier molecular flexibility index (Phi) is 5.28. The molecular formula is C21H17FN4O3S. The van der Waals surface area contributed by atoms with Gasteiger partial charge in [0.05, 0.1) is 16.6 Å². The minimum Gasteiger partial charge on any atom is -0.439 e. The molecule has 152 valence electrons. The van der Waals surface area contributed by atoms with E-state index in [0.717, 1.165) is 5.56 Å². The summed E-state index contributed by atoms with van der Waals surface area (Å²) in [6.45, 7) is 2.00. The van der Waals surface area contributed by atoms with Crippen molar-refractivity contribution in [2.75, 3.05) is 0 Å². The number of thiophene rings is 1. The van der Waals surface area contributed by atoms with Crippen LogP contribution >= 0.6 is 11.3 Å². The van der Waals surface area contributed by atoms with Crippen molar-refractivity contribution in [3.05, 3.63) is 81.1 Å². The van der Waals surface area contributed by atoms with Crippen LogP contribution in [0.4, 0.5) is 4.39 Å². The van der Waals surface area contributed by atoms with Crippen LogP contribution in [0.2, 0.25) is 0 Å². The quantitative estimate of drug-likeness (QED) is 0.529. The first-order valence-corrected chi connectivity index (χ1v) is 9.85. The number of ether oxygens (including phenoxy) is 1. The summed E-state index contributed by atoms with van der Waals surface area (Å²) in [5.74, 6) is 0.158. The number of carbonyl (C=O) groups is 1. The summed E-state index contributed by atoms with van der Waals surface area (Å²) in [5, 5.41) is 3.32. The first-order valence-electron chi connectivity index (χ1n) is 9.03. The van der Waals surface area contributed by atoms with Crippen molar-refractivity contribution < 1.29 is 13.9 Å². The molecule has 0 aliphatic carbocycles. The van der Waals surface area contributed by atoms with Crippen LogP contribution in [-0.4, -0.2) is 20.4 Å². The van der Waals surface area contributed by atoms with Crippen molar-refractivity contribution >= 4 is 27.5 Å². The number of nitrogens with one attached hydrogen (secondary N) is 1. The van der Waals surface area contributed by atoms with E-state index >= 15 is 0 Å². The molecule has 30 heavy (non-hydrogen) atoms. The summed E-state index contributed by atoms with van der Waals surface area (Å²) in [4.78, 5) is 34.4. The van der Waals surface area contributed by atoms with Crippen molar-refractivity contribution in [3.63, 3.8) is 0 Å².